The van der Waals surface area contributed by atoms with Crippen LogP contribution in [0, 0.1) is 0 Å². The smallest absolute Gasteiger partial charge is 0.258 e. The van der Waals surface area contributed by atoms with E-state index in [2.05, 4.69) is 15.3 Å². The molecule has 3 rings (SSSR count). The lowest BCUT2D eigenvalue weighted by Gasteiger charge is -2.07. The topological polar surface area (TPSA) is 84.1 Å². The molecule has 0 unspecified atom stereocenters. The Morgan fingerprint density at radius 1 is 1.21 bits per heavy atom. The number of nitrogens with zero attached hydrogens (tertiary/aromatic N) is 1. The summed E-state index contributed by atoms with van der Waals surface area (Å²) in [6.07, 6.45) is 0.578. The van der Waals surface area contributed by atoms with Crippen molar-refractivity contribution in [2.45, 2.75) is 12.8 Å². The van der Waals surface area contributed by atoms with Crippen LogP contribution >= 0.6 is 0 Å². The SMILES string of the molecule is COc1cccc(NC(=O)CCc2nc3ccccc3c(=O)[nH]2)c1. The van der Waals surface area contributed by atoms with Gasteiger partial charge in [0.25, 0.3) is 5.56 Å². The fraction of sp³-hybridized carbons (Fsp3) is 0.167. The van der Waals surface area contributed by atoms with E-state index >= 15 is 0 Å². The number of aryl methyl sites for hydroxylation is 1. The van der Waals surface area contributed by atoms with E-state index < -0.39 is 0 Å². The highest BCUT2D eigenvalue weighted by molar-refractivity contribution is 5.91. The lowest BCUT2D eigenvalue weighted by Crippen LogP contribution is -2.16. The highest BCUT2D eigenvalue weighted by Crippen LogP contribution is 2.17. The van der Waals surface area contributed by atoms with Gasteiger partial charge in [-0.05, 0) is 24.3 Å². The van der Waals surface area contributed by atoms with Crippen LogP contribution in [-0.4, -0.2) is 23.0 Å². The number of nitrogens with one attached hydrogen (secondary N) is 2. The number of fused-ring (bicyclic) bond motifs is 1. The van der Waals surface area contributed by atoms with E-state index in [4.69, 9.17) is 4.74 Å². The lowest BCUT2D eigenvalue weighted by molar-refractivity contribution is -0.116. The summed E-state index contributed by atoms with van der Waals surface area (Å²) in [4.78, 5) is 31.2. The molecule has 0 aliphatic carbocycles. The Kier molecular flexibility index (Phi) is 4.56. The summed E-state index contributed by atoms with van der Waals surface area (Å²) in [5, 5.41) is 3.34. The number of ether oxygens (including phenoxy) is 1. The Morgan fingerprint density at radius 2 is 2.04 bits per heavy atom. The Hall–Kier alpha value is -3.15. The van der Waals surface area contributed by atoms with Crippen molar-refractivity contribution in [1.29, 1.82) is 0 Å². The van der Waals surface area contributed by atoms with Crippen LogP contribution in [0.4, 0.5) is 5.69 Å². The van der Waals surface area contributed by atoms with Gasteiger partial charge in [0, 0.05) is 24.6 Å². The number of para-hydroxylation sites is 1. The van der Waals surface area contributed by atoms with Crippen molar-refractivity contribution < 1.29 is 9.53 Å². The number of hydrogen-bond donors (Lipinski definition) is 2. The largest absolute Gasteiger partial charge is 0.497 e. The number of methoxy groups -OCH3 is 1. The third-order valence-corrected chi connectivity index (χ3v) is 3.60. The number of anilines is 1. The second kappa shape index (κ2) is 6.95. The van der Waals surface area contributed by atoms with E-state index in [-0.39, 0.29) is 17.9 Å². The van der Waals surface area contributed by atoms with Gasteiger partial charge in [0.1, 0.15) is 11.6 Å². The van der Waals surface area contributed by atoms with Crippen molar-refractivity contribution in [3.8, 4) is 5.75 Å². The molecule has 2 aromatic carbocycles. The van der Waals surface area contributed by atoms with E-state index in [0.29, 0.717) is 34.6 Å². The predicted molar refractivity (Wildman–Crippen MR) is 92.3 cm³/mol. The van der Waals surface area contributed by atoms with E-state index in [1.54, 1.807) is 49.6 Å². The summed E-state index contributed by atoms with van der Waals surface area (Å²) in [6.45, 7) is 0. The molecule has 0 saturated heterocycles. The summed E-state index contributed by atoms with van der Waals surface area (Å²) >= 11 is 0. The third kappa shape index (κ3) is 3.60. The molecule has 1 heterocycles. The fourth-order valence-corrected chi connectivity index (χ4v) is 2.41. The number of hydrogen-bond acceptors (Lipinski definition) is 4. The zero-order valence-corrected chi connectivity index (χ0v) is 13.2. The first kappa shape index (κ1) is 15.7. The van der Waals surface area contributed by atoms with Crippen LogP contribution in [-0.2, 0) is 11.2 Å². The van der Waals surface area contributed by atoms with Crippen molar-refractivity contribution >= 4 is 22.5 Å². The van der Waals surface area contributed by atoms with Crippen LogP contribution in [0.1, 0.15) is 12.2 Å². The lowest BCUT2D eigenvalue weighted by atomic mass is 10.2. The first-order valence-corrected chi connectivity index (χ1v) is 7.57. The zero-order chi connectivity index (χ0) is 16.9. The summed E-state index contributed by atoms with van der Waals surface area (Å²) in [5.41, 5.74) is 1.10. The van der Waals surface area contributed by atoms with Gasteiger partial charge in [0.2, 0.25) is 5.91 Å². The number of benzene rings is 2. The van der Waals surface area contributed by atoms with Crippen molar-refractivity contribution in [2.24, 2.45) is 0 Å². The van der Waals surface area contributed by atoms with E-state index in [0.717, 1.165) is 0 Å². The Bertz CT molecular complexity index is 934. The van der Waals surface area contributed by atoms with Gasteiger partial charge in [-0.1, -0.05) is 18.2 Å². The van der Waals surface area contributed by atoms with Gasteiger partial charge in [-0.2, -0.15) is 0 Å². The quantitative estimate of drug-likeness (QED) is 0.755. The minimum Gasteiger partial charge on any atom is -0.497 e. The average molecular weight is 323 g/mol. The van der Waals surface area contributed by atoms with Crippen molar-refractivity contribution in [1.82, 2.24) is 9.97 Å². The van der Waals surface area contributed by atoms with E-state index in [1.165, 1.54) is 0 Å². The molecule has 0 spiro atoms. The molecule has 0 saturated carbocycles. The summed E-state index contributed by atoms with van der Waals surface area (Å²) < 4.78 is 5.12. The minimum atomic E-state index is -0.191. The van der Waals surface area contributed by atoms with Crippen molar-refractivity contribution in [3.63, 3.8) is 0 Å². The normalized spacial score (nSPS) is 10.5. The number of amides is 1. The monoisotopic (exact) mass is 323 g/mol. The molecule has 1 aromatic heterocycles. The molecular formula is C18H17N3O3. The molecule has 3 aromatic rings. The first-order chi connectivity index (χ1) is 11.7. The van der Waals surface area contributed by atoms with E-state index in [1.807, 2.05) is 6.07 Å². The summed E-state index contributed by atoms with van der Waals surface area (Å²) in [7, 11) is 1.57. The molecule has 0 aliphatic rings. The zero-order valence-electron chi connectivity index (χ0n) is 13.2. The van der Waals surface area contributed by atoms with Gasteiger partial charge in [-0.25, -0.2) is 4.98 Å². The minimum absolute atomic E-state index is 0.154. The van der Waals surface area contributed by atoms with Gasteiger partial charge in [0.15, 0.2) is 0 Å². The van der Waals surface area contributed by atoms with E-state index in [9.17, 15) is 9.59 Å². The Morgan fingerprint density at radius 3 is 2.88 bits per heavy atom. The maximum atomic E-state index is 12.1. The molecule has 24 heavy (non-hydrogen) atoms. The molecule has 122 valence electrons. The molecule has 0 atom stereocenters. The average Bonchev–Trinajstić information content (AvgIpc) is 2.60. The van der Waals surface area contributed by atoms with Gasteiger partial charge >= 0.3 is 0 Å². The van der Waals surface area contributed by atoms with Crippen molar-refractivity contribution in [3.05, 3.63) is 64.7 Å². The number of rotatable bonds is 5. The molecule has 0 radical (unpaired) electrons. The van der Waals surface area contributed by atoms with Gasteiger partial charge < -0.3 is 15.0 Å². The maximum Gasteiger partial charge on any atom is 0.258 e. The van der Waals surface area contributed by atoms with Crippen LogP contribution in [0.25, 0.3) is 10.9 Å². The van der Waals surface area contributed by atoms with Crippen LogP contribution in [0.15, 0.2) is 53.3 Å². The molecule has 0 aliphatic heterocycles. The molecular weight excluding hydrogens is 306 g/mol. The summed E-state index contributed by atoms with van der Waals surface area (Å²) in [5.74, 6) is 1.02. The number of carbonyl (C=O) groups excluding carboxylic acids is 1. The van der Waals surface area contributed by atoms with Gasteiger partial charge in [0.05, 0.1) is 18.0 Å². The number of aromatic nitrogens is 2. The van der Waals surface area contributed by atoms with Crippen molar-refractivity contribution in [2.75, 3.05) is 12.4 Å². The molecule has 1 amide bonds. The molecule has 6 heteroatoms. The van der Waals surface area contributed by atoms with Crippen LogP contribution in [0.5, 0.6) is 5.75 Å². The Balaban J connectivity index is 1.67. The van der Waals surface area contributed by atoms with Crippen LogP contribution in [0.2, 0.25) is 0 Å². The predicted octanol–water partition coefficient (Wildman–Crippen LogP) is 2.50. The second-order valence-corrected chi connectivity index (χ2v) is 5.31. The van der Waals surface area contributed by atoms with Gasteiger partial charge in [-0.15, -0.1) is 0 Å². The van der Waals surface area contributed by atoms with Crippen LogP contribution in [0.3, 0.4) is 0 Å². The standard InChI is InChI=1S/C18H17N3O3/c1-24-13-6-4-5-12(11-13)19-17(22)10-9-16-20-15-8-3-2-7-14(15)18(23)21-16/h2-8,11H,9-10H2,1H3,(H,19,22)(H,20,21,23). The highest BCUT2D eigenvalue weighted by Gasteiger charge is 2.07. The Labute approximate surface area is 138 Å². The molecule has 6 nitrogen and oxygen atoms in total. The molecule has 2 N–H and O–H groups in total. The number of H-pyrrole nitrogens is 1. The summed E-state index contributed by atoms with van der Waals surface area (Å²) in [6, 6.07) is 14.3. The number of carbonyl (C=O) groups is 1. The van der Waals surface area contributed by atoms with Crippen LogP contribution < -0.4 is 15.6 Å². The van der Waals surface area contributed by atoms with Gasteiger partial charge in [-0.3, -0.25) is 9.59 Å². The molecule has 0 fully saturated rings. The fourth-order valence-electron chi connectivity index (χ4n) is 2.41. The second-order valence-electron chi connectivity index (χ2n) is 5.31. The third-order valence-electron chi connectivity index (χ3n) is 3.60. The highest BCUT2D eigenvalue weighted by atomic mass is 16.5. The number of aromatic amines is 1. The maximum absolute atomic E-state index is 12.1. The molecule has 0 bridgehead atoms. The first-order valence-electron chi connectivity index (χ1n) is 7.57.